The number of nitrogens with zero attached hydrogens (tertiary/aromatic N) is 1. The molecule has 2 heterocycles. The van der Waals surface area contributed by atoms with Crippen LogP contribution in [0.2, 0.25) is 0 Å². The van der Waals surface area contributed by atoms with Crippen LogP contribution in [-0.2, 0) is 16.2 Å². The van der Waals surface area contributed by atoms with Crippen molar-refractivity contribution in [2.45, 2.75) is 13.5 Å². The lowest BCUT2D eigenvalue weighted by molar-refractivity contribution is -0.122. The minimum atomic E-state index is -1.19. The molecule has 4 rings (SSSR count). The van der Waals surface area contributed by atoms with Gasteiger partial charge in [0.1, 0.15) is 17.9 Å². The van der Waals surface area contributed by atoms with Gasteiger partial charge in [0.25, 0.3) is 11.8 Å². The third kappa shape index (κ3) is 4.91. The number of urea groups is 1. The van der Waals surface area contributed by atoms with Crippen LogP contribution in [0.15, 0.2) is 64.6 Å². The second-order valence-corrected chi connectivity index (χ2v) is 7.56. The summed E-state index contributed by atoms with van der Waals surface area (Å²) in [6, 6.07) is 13.5. The van der Waals surface area contributed by atoms with Crippen LogP contribution in [0.5, 0.6) is 11.5 Å². The van der Waals surface area contributed by atoms with Crippen molar-refractivity contribution in [1.82, 2.24) is 5.32 Å². The van der Waals surface area contributed by atoms with Crippen LogP contribution in [-0.4, -0.2) is 36.0 Å². The van der Waals surface area contributed by atoms with Crippen molar-refractivity contribution < 1.29 is 38.2 Å². The van der Waals surface area contributed by atoms with Crippen molar-refractivity contribution in [1.29, 1.82) is 0 Å². The Hall–Kier alpha value is -4.86. The number of imide groups is 2. The second-order valence-electron chi connectivity index (χ2n) is 7.56. The van der Waals surface area contributed by atoms with Crippen molar-refractivity contribution in [3.63, 3.8) is 0 Å². The third-order valence-electron chi connectivity index (χ3n) is 5.13. The summed E-state index contributed by atoms with van der Waals surface area (Å²) in [5.74, 6) is -2.01. The fourth-order valence-electron chi connectivity index (χ4n) is 3.36. The van der Waals surface area contributed by atoms with E-state index in [0.29, 0.717) is 28.5 Å². The Bertz CT molecular complexity index is 1350. The van der Waals surface area contributed by atoms with E-state index >= 15 is 0 Å². The minimum Gasteiger partial charge on any atom is -0.493 e. The van der Waals surface area contributed by atoms with Gasteiger partial charge < -0.3 is 19.0 Å². The van der Waals surface area contributed by atoms with Gasteiger partial charge in [0.2, 0.25) is 5.76 Å². The number of ether oxygens (including phenoxy) is 2. The third-order valence-corrected chi connectivity index (χ3v) is 5.13. The summed E-state index contributed by atoms with van der Waals surface area (Å²) in [5, 5.41) is 11.1. The average Bonchev–Trinajstić information content (AvgIpc) is 3.31. The highest BCUT2D eigenvalue weighted by atomic mass is 16.5. The first-order valence-electron chi connectivity index (χ1n) is 10.4. The van der Waals surface area contributed by atoms with Gasteiger partial charge in [-0.05, 0) is 55.0 Å². The lowest BCUT2D eigenvalue weighted by atomic mass is 10.1. The number of carboxylic acids is 1. The number of carboxylic acid groups (broad SMARTS) is 1. The number of hydrogen-bond acceptors (Lipinski definition) is 7. The summed E-state index contributed by atoms with van der Waals surface area (Å²) < 4.78 is 16.2. The summed E-state index contributed by atoms with van der Waals surface area (Å²) in [6.45, 7) is 1.83. The molecule has 1 aliphatic rings. The van der Waals surface area contributed by atoms with Gasteiger partial charge in [-0.1, -0.05) is 23.8 Å². The van der Waals surface area contributed by atoms with E-state index in [0.717, 1.165) is 10.5 Å². The first-order valence-corrected chi connectivity index (χ1v) is 10.4. The van der Waals surface area contributed by atoms with Crippen LogP contribution in [0.1, 0.15) is 27.4 Å². The number of rotatable bonds is 7. The van der Waals surface area contributed by atoms with Crippen LogP contribution in [0.4, 0.5) is 10.5 Å². The van der Waals surface area contributed by atoms with Crippen molar-refractivity contribution in [2.75, 3.05) is 12.0 Å². The molecular weight excluding hydrogens is 456 g/mol. The fraction of sp³-hybridized carbons (Fsp3) is 0.120. The predicted molar refractivity (Wildman–Crippen MR) is 123 cm³/mol. The molecule has 0 spiro atoms. The largest absolute Gasteiger partial charge is 0.493 e. The van der Waals surface area contributed by atoms with E-state index in [4.69, 9.17) is 19.0 Å². The number of methoxy groups -OCH3 is 1. The van der Waals surface area contributed by atoms with Gasteiger partial charge in [-0.2, -0.15) is 0 Å². The molecule has 1 aliphatic heterocycles. The average molecular weight is 476 g/mol. The normalized spacial score (nSPS) is 14.7. The molecule has 10 heteroatoms. The van der Waals surface area contributed by atoms with E-state index in [-0.39, 0.29) is 17.9 Å². The molecule has 0 radical (unpaired) electrons. The Kier molecular flexibility index (Phi) is 6.36. The van der Waals surface area contributed by atoms with E-state index in [2.05, 4.69) is 5.32 Å². The van der Waals surface area contributed by atoms with Gasteiger partial charge in [0, 0.05) is 0 Å². The molecule has 1 fully saturated rings. The molecule has 0 unspecified atom stereocenters. The number of barbiturate groups is 1. The number of nitrogens with one attached hydrogen (secondary N) is 1. The molecule has 10 nitrogen and oxygen atoms in total. The maximum absolute atomic E-state index is 13.0. The molecule has 2 aromatic carbocycles. The SMILES string of the molecule is COc1cc(C=C2C(=O)NC(=O)N(c3ccc(C)cc3)C2=O)ccc1OCc1ccc(C(=O)O)o1. The molecule has 0 aliphatic carbocycles. The zero-order valence-corrected chi connectivity index (χ0v) is 18.7. The quantitative estimate of drug-likeness (QED) is 0.390. The van der Waals surface area contributed by atoms with Crippen molar-refractivity contribution >= 4 is 35.6 Å². The van der Waals surface area contributed by atoms with Crippen LogP contribution < -0.4 is 19.7 Å². The molecular formula is C25H20N2O8. The highest BCUT2D eigenvalue weighted by Gasteiger charge is 2.36. The molecule has 2 N–H and O–H groups in total. The van der Waals surface area contributed by atoms with E-state index in [1.165, 1.54) is 25.3 Å². The number of aromatic carboxylic acids is 1. The number of benzene rings is 2. The molecule has 0 atom stereocenters. The topological polar surface area (TPSA) is 135 Å². The van der Waals surface area contributed by atoms with Crippen LogP contribution in [0, 0.1) is 6.92 Å². The predicted octanol–water partition coefficient (Wildman–Crippen LogP) is 3.54. The molecule has 0 saturated carbocycles. The first-order chi connectivity index (χ1) is 16.8. The lowest BCUT2D eigenvalue weighted by Gasteiger charge is -2.26. The molecule has 35 heavy (non-hydrogen) atoms. The highest BCUT2D eigenvalue weighted by Crippen LogP contribution is 2.30. The number of carbonyl (C=O) groups is 4. The maximum atomic E-state index is 13.0. The van der Waals surface area contributed by atoms with Gasteiger partial charge in [0.05, 0.1) is 12.8 Å². The number of carbonyl (C=O) groups excluding carboxylic acids is 3. The van der Waals surface area contributed by atoms with Crippen LogP contribution >= 0.6 is 0 Å². The van der Waals surface area contributed by atoms with Gasteiger partial charge in [-0.15, -0.1) is 0 Å². The summed E-state index contributed by atoms with van der Waals surface area (Å²) in [7, 11) is 1.42. The molecule has 3 aromatic rings. The van der Waals surface area contributed by atoms with Crippen LogP contribution in [0.3, 0.4) is 0 Å². The van der Waals surface area contributed by atoms with Crippen molar-refractivity contribution in [3.05, 3.63) is 82.8 Å². The molecule has 178 valence electrons. The molecule has 1 aromatic heterocycles. The zero-order chi connectivity index (χ0) is 25.1. The summed E-state index contributed by atoms with van der Waals surface area (Å²) in [6.07, 6.45) is 1.35. The van der Waals surface area contributed by atoms with E-state index < -0.39 is 23.8 Å². The first kappa shape index (κ1) is 23.3. The van der Waals surface area contributed by atoms with Gasteiger partial charge in [-0.25, -0.2) is 14.5 Å². The summed E-state index contributed by atoms with van der Waals surface area (Å²) in [4.78, 5) is 49.6. The van der Waals surface area contributed by atoms with Crippen molar-refractivity contribution in [2.24, 2.45) is 0 Å². The van der Waals surface area contributed by atoms with Crippen molar-refractivity contribution in [3.8, 4) is 11.5 Å². The monoisotopic (exact) mass is 476 g/mol. The molecule has 4 amide bonds. The number of amides is 4. The Morgan fingerprint density at radius 2 is 1.80 bits per heavy atom. The van der Waals surface area contributed by atoms with E-state index in [9.17, 15) is 19.2 Å². The Morgan fingerprint density at radius 3 is 2.46 bits per heavy atom. The number of aryl methyl sites for hydroxylation is 1. The fourth-order valence-corrected chi connectivity index (χ4v) is 3.36. The Morgan fingerprint density at radius 1 is 1.06 bits per heavy atom. The number of hydrogen-bond donors (Lipinski definition) is 2. The Labute approximate surface area is 199 Å². The standard InChI is InChI=1S/C25H20N2O8/c1-14-3-6-16(7-4-14)27-23(29)18(22(28)26-25(27)32)11-15-5-9-19(21(12-15)33-2)34-13-17-8-10-20(35-17)24(30)31/h3-12H,13H2,1-2H3,(H,30,31)(H,26,28,32). The lowest BCUT2D eigenvalue weighted by Crippen LogP contribution is -2.54. The molecule has 0 bridgehead atoms. The number of furan rings is 1. The van der Waals surface area contributed by atoms with E-state index in [1.807, 2.05) is 6.92 Å². The second kappa shape index (κ2) is 9.56. The summed E-state index contributed by atoms with van der Waals surface area (Å²) >= 11 is 0. The van der Waals surface area contributed by atoms with Crippen LogP contribution in [0.25, 0.3) is 6.08 Å². The van der Waals surface area contributed by atoms with E-state index in [1.54, 1.807) is 42.5 Å². The van der Waals surface area contributed by atoms with Gasteiger partial charge in [-0.3, -0.25) is 14.9 Å². The number of anilines is 1. The summed E-state index contributed by atoms with van der Waals surface area (Å²) in [5.41, 5.74) is 1.52. The smallest absolute Gasteiger partial charge is 0.371 e. The highest BCUT2D eigenvalue weighted by molar-refractivity contribution is 6.39. The Balaban J connectivity index is 1.57. The van der Waals surface area contributed by atoms with Gasteiger partial charge in [0.15, 0.2) is 11.5 Å². The molecule has 1 saturated heterocycles. The maximum Gasteiger partial charge on any atom is 0.371 e. The minimum absolute atomic E-state index is 0.0431. The van der Waals surface area contributed by atoms with Gasteiger partial charge >= 0.3 is 12.0 Å². The zero-order valence-electron chi connectivity index (χ0n) is 18.7.